The SMILES string of the molecule is CCC(CC)C(=O)N1CCC(NC(=NC)NCC2CCCN2CC2CCCCC2)CC1. The molecule has 3 fully saturated rings. The quantitative estimate of drug-likeness (QED) is 0.453. The number of hydrogen-bond acceptors (Lipinski definition) is 3. The highest BCUT2D eigenvalue weighted by Gasteiger charge is 2.29. The highest BCUT2D eigenvalue weighted by atomic mass is 16.2. The fourth-order valence-corrected chi connectivity index (χ4v) is 5.81. The predicted molar refractivity (Wildman–Crippen MR) is 129 cm³/mol. The Balaban J connectivity index is 1.39. The zero-order valence-electron chi connectivity index (χ0n) is 20.4. The van der Waals surface area contributed by atoms with E-state index in [0.717, 1.165) is 57.2 Å². The summed E-state index contributed by atoms with van der Waals surface area (Å²) in [6.45, 7) is 9.51. The second-order valence-corrected chi connectivity index (χ2v) is 10.0. The van der Waals surface area contributed by atoms with E-state index in [1.54, 1.807) is 0 Å². The number of nitrogens with one attached hydrogen (secondary N) is 2. The Hall–Kier alpha value is -1.30. The Bertz CT molecular complexity index is 562. The van der Waals surface area contributed by atoms with Crippen molar-refractivity contribution in [2.45, 2.75) is 96.6 Å². The van der Waals surface area contributed by atoms with E-state index in [-0.39, 0.29) is 5.92 Å². The standard InChI is InChI=1S/C25H47N5O/c1-4-21(5-2)24(31)29-16-13-22(14-17-29)28-25(26-3)27-18-23-12-9-15-30(23)19-20-10-7-6-8-11-20/h20-23H,4-19H2,1-3H3,(H2,26,27,28). The zero-order chi connectivity index (χ0) is 22.1. The first-order valence-corrected chi connectivity index (χ1v) is 13.1. The Morgan fingerprint density at radius 2 is 1.68 bits per heavy atom. The molecular formula is C25H47N5O. The Labute approximate surface area is 190 Å². The van der Waals surface area contributed by atoms with Crippen LogP contribution < -0.4 is 10.6 Å². The Morgan fingerprint density at radius 1 is 0.968 bits per heavy atom. The minimum Gasteiger partial charge on any atom is -0.355 e. The number of carbonyl (C=O) groups excluding carboxylic acids is 1. The third-order valence-electron chi connectivity index (χ3n) is 7.93. The maximum absolute atomic E-state index is 12.6. The number of piperidine rings is 1. The van der Waals surface area contributed by atoms with Crippen molar-refractivity contribution in [1.82, 2.24) is 20.4 Å². The zero-order valence-corrected chi connectivity index (χ0v) is 20.4. The summed E-state index contributed by atoms with van der Waals surface area (Å²) in [7, 11) is 1.87. The number of amides is 1. The fourth-order valence-electron chi connectivity index (χ4n) is 5.81. The van der Waals surface area contributed by atoms with Crippen molar-refractivity contribution < 1.29 is 4.79 Å². The van der Waals surface area contributed by atoms with Crippen LogP contribution in [0.4, 0.5) is 0 Å². The molecular weight excluding hydrogens is 386 g/mol. The molecule has 0 bridgehead atoms. The minimum atomic E-state index is 0.196. The van der Waals surface area contributed by atoms with E-state index in [0.29, 0.717) is 18.0 Å². The van der Waals surface area contributed by atoms with Crippen LogP contribution in [0.2, 0.25) is 0 Å². The first kappa shape index (κ1) is 24.3. The number of carbonyl (C=O) groups is 1. The van der Waals surface area contributed by atoms with Gasteiger partial charge in [0.1, 0.15) is 0 Å². The number of aliphatic imine (C=N–C) groups is 1. The molecule has 0 aromatic rings. The number of guanidine groups is 1. The van der Waals surface area contributed by atoms with Crippen molar-refractivity contribution in [3.63, 3.8) is 0 Å². The van der Waals surface area contributed by atoms with E-state index in [1.165, 1.54) is 58.0 Å². The minimum absolute atomic E-state index is 0.196. The molecule has 1 saturated carbocycles. The third-order valence-corrected chi connectivity index (χ3v) is 7.93. The Morgan fingerprint density at radius 3 is 2.32 bits per heavy atom. The molecule has 0 aromatic heterocycles. The predicted octanol–water partition coefficient (Wildman–Crippen LogP) is 3.62. The van der Waals surface area contributed by atoms with Crippen molar-refractivity contribution in [2.75, 3.05) is 39.8 Å². The van der Waals surface area contributed by atoms with E-state index < -0.39 is 0 Å². The Kier molecular flexibility index (Phi) is 9.95. The second-order valence-electron chi connectivity index (χ2n) is 10.0. The van der Waals surface area contributed by atoms with Gasteiger partial charge in [0.15, 0.2) is 5.96 Å². The van der Waals surface area contributed by atoms with Gasteiger partial charge in [-0.3, -0.25) is 14.7 Å². The van der Waals surface area contributed by atoms with Gasteiger partial charge in [0.05, 0.1) is 0 Å². The molecule has 0 radical (unpaired) electrons. The van der Waals surface area contributed by atoms with E-state index >= 15 is 0 Å². The number of rotatable bonds is 8. The van der Waals surface area contributed by atoms with Gasteiger partial charge in [-0.25, -0.2) is 0 Å². The van der Waals surface area contributed by atoms with Gasteiger partial charge in [-0.1, -0.05) is 33.1 Å². The molecule has 0 aromatic carbocycles. The maximum atomic E-state index is 12.6. The molecule has 1 atom stereocenters. The second kappa shape index (κ2) is 12.7. The molecule has 0 spiro atoms. The number of nitrogens with zero attached hydrogens (tertiary/aromatic N) is 3. The largest absolute Gasteiger partial charge is 0.355 e. The molecule has 1 amide bonds. The van der Waals surface area contributed by atoms with Crippen LogP contribution in [0.3, 0.4) is 0 Å². The van der Waals surface area contributed by atoms with E-state index in [2.05, 4.69) is 39.3 Å². The van der Waals surface area contributed by atoms with Gasteiger partial charge in [0, 0.05) is 51.2 Å². The average molecular weight is 434 g/mol. The van der Waals surface area contributed by atoms with E-state index in [9.17, 15) is 4.79 Å². The van der Waals surface area contributed by atoms with Crippen molar-refractivity contribution in [3.05, 3.63) is 0 Å². The summed E-state index contributed by atoms with van der Waals surface area (Å²) < 4.78 is 0. The molecule has 178 valence electrons. The van der Waals surface area contributed by atoms with Crippen LogP contribution in [-0.4, -0.2) is 73.5 Å². The molecule has 2 aliphatic heterocycles. The fraction of sp³-hybridized carbons (Fsp3) is 0.920. The topological polar surface area (TPSA) is 60.0 Å². The summed E-state index contributed by atoms with van der Waals surface area (Å²) in [4.78, 5) is 21.9. The highest BCUT2D eigenvalue weighted by Crippen LogP contribution is 2.27. The highest BCUT2D eigenvalue weighted by molar-refractivity contribution is 5.80. The van der Waals surface area contributed by atoms with Crippen LogP contribution in [0.15, 0.2) is 4.99 Å². The first-order chi connectivity index (χ1) is 15.1. The van der Waals surface area contributed by atoms with Crippen molar-refractivity contribution in [3.8, 4) is 0 Å². The lowest BCUT2D eigenvalue weighted by Crippen LogP contribution is -2.52. The molecule has 6 heteroatoms. The van der Waals surface area contributed by atoms with Crippen LogP contribution in [0.5, 0.6) is 0 Å². The van der Waals surface area contributed by atoms with Gasteiger partial charge < -0.3 is 15.5 Å². The summed E-state index contributed by atoms with van der Waals surface area (Å²) in [6.07, 6.45) is 13.7. The average Bonchev–Trinajstić information content (AvgIpc) is 3.25. The van der Waals surface area contributed by atoms with Crippen LogP contribution >= 0.6 is 0 Å². The van der Waals surface area contributed by atoms with Gasteiger partial charge in [0.2, 0.25) is 5.91 Å². The van der Waals surface area contributed by atoms with Gasteiger partial charge in [-0.05, 0) is 63.8 Å². The third kappa shape index (κ3) is 7.10. The number of likely N-dealkylation sites (tertiary alicyclic amines) is 2. The lowest BCUT2D eigenvalue weighted by molar-refractivity contribution is -0.136. The van der Waals surface area contributed by atoms with Crippen molar-refractivity contribution in [2.24, 2.45) is 16.8 Å². The van der Waals surface area contributed by atoms with Gasteiger partial charge in [-0.2, -0.15) is 0 Å². The molecule has 2 N–H and O–H groups in total. The first-order valence-electron chi connectivity index (χ1n) is 13.1. The molecule has 31 heavy (non-hydrogen) atoms. The molecule has 3 aliphatic rings. The summed E-state index contributed by atoms with van der Waals surface area (Å²) in [5.41, 5.74) is 0. The molecule has 3 rings (SSSR count). The maximum Gasteiger partial charge on any atom is 0.225 e. The summed E-state index contributed by atoms with van der Waals surface area (Å²) in [5, 5.41) is 7.24. The van der Waals surface area contributed by atoms with Gasteiger partial charge >= 0.3 is 0 Å². The normalized spacial score (nSPS) is 24.7. The van der Waals surface area contributed by atoms with Crippen molar-refractivity contribution in [1.29, 1.82) is 0 Å². The molecule has 1 unspecified atom stereocenters. The lowest BCUT2D eigenvalue weighted by atomic mass is 9.89. The summed E-state index contributed by atoms with van der Waals surface area (Å²) >= 11 is 0. The summed E-state index contributed by atoms with van der Waals surface area (Å²) in [6, 6.07) is 1.04. The van der Waals surface area contributed by atoms with Crippen LogP contribution in [0.25, 0.3) is 0 Å². The number of hydrogen-bond donors (Lipinski definition) is 2. The molecule has 1 aliphatic carbocycles. The molecule has 6 nitrogen and oxygen atoms in total. The van der Waals surface area contributed by atoms with Gasteiger partial charge in [0.25, 0.3) is 0 Å². The summed E-state index contributed by atoms with van der Waals surface area (Å²) in [5.74, 6) is 2.39. The van der Waals surface area contributed by atoms with E-state index in [4.69, 9.17) is 0 Å². The lowest BCUT2D eigenvalue weighted by Gasteiger charge is -2.35. The van der Waals surface area contributed by atoms with E-state index in [1.807, 2.05) is 7.05 Å². The monoisotopic (exact) mass is 433 g/mol. The van der Waals surface area contributed by atoms with Crippen LogP contribution in [-0.2, 0) is 4.79 Å². The van der Waals surface area contributed by atoms with Gasteiger partial charge in [-0.15, -0.1) is 0 Å². The molecule has 2 saturated heterocycles. The van der Waals surface area contributed by atoms with Crippen LogP contribution in [0.1, 0.15) is 84.5 Å². The van der Waals surface area contributed by atoms with Crippen LogP contribution in [0, 0.1) is 11.8 Å². The van der Waals surface area contributed by atoms with Crippen molar-refractivity contribution >= 4 is 11.9 Å². The molecule has 2 heterocycles. The smallest absolute Gasteiger partial charge is 0.225 e.